The Morgan fingerprint density at radius 1 is 0.875 bits per heavy atom. The molecule has 32 heavy (non-hydrogen) atoms. The summed E-state index contributed by atoms with van der Waals surface area (Å²) in [5.74, 6) is 0.101. The van der Waals surface area contributed by atoms with Gasteiger partial charge in [-0.2, -0.15) is 0 Å². The van der Waals surface area contributed by atoms with Crippen molar-refractivity contribution >= 4 is 11.9 Å². The van der Waals surface area contributed by atoms with E-state index in [0.717, 1.165) is 23.4 Å². The highest BCUT2D eigenvalue weighted by atomic mass is 16.6. The van der Waals surface area contributed by atoms with Gasteiger partial charge in [-0.05, 0) is 64.5 Å². The molecule has 0 atom stereocenters. The van der Waals surface area contributed by atoms with Crippen LogP contribution in [0.15, 0.2) is 54.6 Å². The minimum atomic E-state index is -0.613. The predicted molar refractivity (Wildman–Crippen MR) is 127 cm³/mol. The average Bonchev–Trinajstić information content (AvgIpc) is 2.71. The molecule has 0 heterocycles. The molecule has 0 aliphatic rings. The van der Waals surface area contributed by atoms with Crippen LogP contribution in [-0.4, -0.2) is 61.1 Å². The molecule has 1 amide bonds. The third-order valence-electron chi connectivity index (χ3n) is 4.69. The Kier molecular flexibility index (Phi) is 9.72. The quantitative estimate of drug-likeness (QED) is 0.391. The van der Waals surface area contributed by atoms with Crippen LogP contribution in [0.2, 0.25) is 0 Å². The van der Waals surface area contributed by atoms with Gasteiger partial charge in [0.05, 0.1) is 0 Å². The number of carbonyl (C=O) groups excluding carboxylic acids is 2. The number of amides is 1. The molecule has 0 spiro atoms. The van der Waals surface area contributed by atoms with Gasteiger partial charge >= 0.3 is 5.97 Å². The lowest BCUT2D eigenvalue weighted by Crippen LogP contribution is -2.35. The van der Waals surface area contributed by atoms with Gasteiger partial charge in [0.1, 0.15) is 24.4 Å². The molecule has 2 aromatic rings. The van der Waals surface area contributed by atoms with Crippen LogP contribution in [0.1, 0.15) is 38.3 Å². The van der Waals surface area contributed by atoms with Gasteiger partial charge in [0.2, 0.25) is 5.91 Å². The van der Waals surface area contributed by atoms with Crippen LogP contribution in [0, 0.1) is 0 Å². The Morgan fingerprint density at radius 2 is 1.53 bits per heavy atom. The Bertz CT molecular complexity index is 842. The number of rotatable bonds is 11. The molecule has 2 aromatic carbocycles. The van der Waals surface area contributed by atoms with Crippen molar-refractivity contribution in [2.45, 2.75) is 45.8 Å². The van der Waals surface area contributed by atoms with Crippen molar-refractivity contribution in [1.82, 2.24) is 9.80 Å². The first-order chi connectivity index (χ1) is 15.1. The summed E-state index contributed by atoms with van der Waals surface area (Å²) in [4.78, 5) is 28.9. The van der Waals surface area contributed by atoms with Crippen LogP contribution in [-0.2, 0) is 27.3 Å². The number of nitrogens with zero attached hydrogens (tertiary/aromatic N) is 2. The Morgan fingerprint density at radius 3 is 2.12 bits per heavy atom. The molecule has 6 nitrogen and oxygen atoms in total. The maximum Gasteiger partial charge on any atom is 0.315 e. The molecule has 2 rings (SSSR count). The Hall–Kier alpha value is -2.86. The number of likely N-dealkylation sites (N-methyl/N-ethyl adjacent to an activating group) is 1. The summed E-state index contributed by atoms with van der Waals surface area (Å²) < 4.78 is 11.1. The minimum Gasteiger partial charge on any atom is -0.492 e. The van der Waals surface area contributed by atoms with Gasteiger partial charge in [-0.15, -0.1) is 0 Å². The first-order valence-corrected chi connectivity index (χ1v) is 11.0. The molecule has 0 radical (unpaired) electrons. The van der Waals surface area contributed by atoms with Crippen LogP contribution in [0.3, 0.4) is 0 Å². The monoisotopic (exact) mass is 440 g/mol. The molecule has 0 fully saturated rings. The number of ether oxygens (including phenoxy) is 2. The molecule has 0 bridgehead atoms. The molecule has 0 aliphatic carbocycles. The summed E-state index contributed by atoms with van der Waals surface area (Å²) in [6.45, 7) is 7.85. The Labute approximate surface area is 192 Å². The van der Waals surface area contributed by atoms with E-state index in [2.05, 4.69) is 4.90 Å². The van der Waals surface area contributed by atoms with E-state index in [1.807, 2.05) is 68.7 Å². The topological polar surface area (TPSA) is 59.1 Å². The summed E-state index contributed by atoms with van der Waals surface area (Å²) in [7, 11) is 4.02. The fourth-order valence-corrected chi connectivity index (χ4v) is 3.07. The van der Waals surface area contributed by atoms with Crippen molar-refractivity contribution in [3.8, 4) is 5.75 Å². The van der Waals surface area contributed by atoms with Gasteiger partial charge in [-0.3, -0.25) is 9.59 Å². The van der Waals surface area contributed by atoms with E-state index in [0.29, 0.717) is 26.1 Å². The molecule has 0 aliphatic heterocycles. The number of carbonyl (C=O) groups is 2. The van der Waals surface area contributed by atoms with E-state index in [1.165, 1.54) is 0 Å². The van der Waals surface area contributed by atoms with Crippen molar-refractivity contribution in [3.05, 3.63) is 65.7 Å². The van der Waals surface area contributed by atoms with E-state index < -0.39 is 11.6 Å². The minimum absolute atomic E-state index is 0.230. The lowest BCUT2D eigenvalue weighted by Gasteiger charge is -2.24. The zero-order chi connectivity index (χ0) is 23.6. The summed E-state index contributed by atoms with van der Waals surface area (Å²) in [6.07, 6.45) is 0.424. The molecule has 174 valence electrons. The average molecular weight is 441 g/mol. The fraction of sp³-hybridized carbons (Fsp3) is 0.462. The first-order valence-electron chi connectivity index (χ1n) is 11.0. The maximum atomic E-state index is 12.9. The Balaban J connectivity index is 1.98. The largest absolute Gasteiger partial charge is 0.492 e. The highest BCUT2D eigenvalue weighted by Crippen LogP contribution is 2.15. The van der Waals surface area contributed by atoms with Gasteiger partial charge in [0.15, 0.2) is 0 Å². The fourth-order valence-electron chi connectivity index (χ4n) is 3.07. The van der Waals surface area contributed by atoms with Crippen LogP contribution in [0.4, 0.5) is 0 Å². The van der Waals surface area contributed by atoms with Gasteiger partial charge in [0.25, 0.3) is 0 Å². The summed E-state index contributed by atoms with van der Waals surface area (Å²) in [6, 6.07) is 17.7. The standard InChI is InChI=1S/C26H36N2O4/c1-26(2,3)32-25(30)19-24(29)28(20-22-9-7-6-8-10-22)16-15-21-11-13-23(14-12-21)31-18-17-27(4)5/h6-14H,15-20H2,1-5H3. The second-order valence-corrected chi connectivity index (χ2v) is 9.11. The van der Waals surface area contributed by atoms with Crippen molar-refractivity contribution in [1.29, 1.82) is 0 Å². The second kappa shape index (κ2) is 12.2. The first kappa shape index (κ1) is 25.4. The highest BCUT2D eigenvalue weighted by molar-refractivity contribution is 5.94. The van der Waals surface area contributed by atoms with Crippen LogP contribution in [0.5, 0.6) is 5.75 Å². The van der Waals surface area contributed by atoms with Gasteiger partial charge < -0.3 is 19.3 Å². The number of benzene rings is 2. The third-order valence-corrected chi connectivity index (χ3v) is 4.69. The van der Waals surface area contributed by atoms with Gasteiger partial charge in [0, 0.05) is 19.6 Å². The maximum absolute atomic E-state index is 12.9. The normalized spacial score (nSPS) is 11.3. The third kappa shape index (κ3) is 9.96. The molecular weight excluding hydrogens is 404 g/mol. The van der Waals surface area contributed by atoms with Crippen molar-refractivity contribution in [3.63, 3.8) is 0 Å². The van der Waals surface area contributed by atoms with E-state index >= 15 is 0 Å². The zero-order valence-corrected chi connectivity index (χ0v) is 20.0. The zero-order valence-electron chi connectivity index (χ0n) is 20.0. The lowest BCUT2D eigenvalue weighted by molar-refractivity contribution is -0.158. The molecule has 0 saturated heterocycles. The van der Waals surface area contributed by atoms with E-state index in [-0.39, 0.29) is 12.3 Å². The highest BCUT2D eigenvalue weighted by Gasteiger charge is 2.22. The smallest absolute Gasteiger partial charge is 0.315 e. The van der Waals surface area contributed by atoms with Crippen molar-refractivity contribution < 1.29 is 19.1 Å². The van der Waals surface area contributed by atoms with E-state index in [9.17, 15) is 9.59 Å². The van der Waals surface area contributed by atoms with Crippen molar-refractivity contribution in [2.24, 2.45) is 0 Å². The number of esters is 1. The molecule has 0 N–H and O–H groups in total. The molecular formula is C26H36N2O4. The van der Waals surface area contributed by atoms with Gasteiger partial charge in [-0.25, -0.2) is 0 Å². The number of hydrogen-bond acceptors (Lipinski definition) is 5. The number of hydrogen-bond donors (Lipinski definition) is 0. The molecule has 0 saturated carbocycles. The molecule has 6 heteroatoms. The van der Waals surface area contributed by atoms with E-state index in [1.54, 1.807) is 25.7 Å². The van der Waals surface area contributed by atoms with Gasteiger partial charge in [-0.1, -0.05) is 42.5 Å². The lowest BCUT2D eigenvalue weighted by atomic mass is 10.1. The summed E-state index contributed by atoms with van der Waals surface area (Å²) in [5.41, 5.74) is 1.51. The SMILES string of the molecule is CN(C)CCOc1ccc(CCN(Cc2ccccc2)C(=O)CC(=O)OC(C)(C)C)cc1. The van der Waals surface area contributed by atoms with Crippen LogP contribution in [0.25, 0.3) is 0 Å². The van der Waals surface area contributed by atoms with Crippen molar-refractivity contribution in [2.75, 3.05) is 33.8 Å². The predicted octanol–water partition coefficient (Wildman–Crippen LogP) is 3.93. The van der Waals surface area contributed by atoms with Crippen LogP contribution < -0.4 is 4.74 Å². The summed E-state index contributed by atoms with van der Waals surface area (Å²) >= 11 is 0. The second-order valence-electron chi connectivity index (χ2n) is 9.11. The van der Waals surface area contributed by atoms with E-state index in [4.69, 9.17) is 9.47 Å². The summed E-state index contributed by atoms with van der Waals surface area (Å²) in [5, 5.41) is 0. The van der Waals surface area contributed by atoms with Crippen LogP contribution >= 0.6 is 0 Å². The molecule has 0 unspecified atom stereocenters. The molecule has 0 aromatic heterocycles.